The van der Waals surface area contributed by atoms with E-state index in [0.717, 1.165) is 12.3 Å². The molecule has 0 fully saturated rings. The van der Waals surface area contributed by atoms with Crippen LogP contribution in [0, 0.1) is 25.7 Å². The fourth-order valence-electron chi connectivity index (χ4n) is 2.61. The van der Waals surface area contributed by atoms with Gasteiger partial charge in [-0.3, -0.25) is 4.68 Å². The average molecular weight is 236 g/mol. The molecule has 1 unspecified atom stereocenters. The fraction of sp³-hybridized carbons (Fsp3) is 0.800. The van der Waals surface area contributed by atoms with Crippen LogP contribution in [0.15, 0.2) is 0 Å². The molecule has 1 heterocycles. The Bertz CT molecular complexity index is 361. The zero-order valence-corrected chi connectivity index (χ0v) is 12.5. The maximum atomic E-state index is 4.73. The van der Waals surface area contributed by atoms with E-state index < -0.39 is 0 Å². The predicted octanol–water partition coefficient (Wildman–Crippen LogP) is 4.31. The maximum absolute atomic E-state index is 4.73. The lowest BCUT2D eigenvalue weighted by atomic mass is 10.0. The number of nitrogens with zero attached hydrogens (tertiary/aromatic N) is 2. The van der Waals surface area contributed by atoms with Crippen molar-refractivity contribution in [2.45, 2.75) is 67.3 Å². The van der Waals surface area contributed by atoms with E-state index in [-0.39, 0.29) is 0 Å². The Hall–Kier alpha value is -0.790. The molecule has 1 aromatic rings. The Labute approximate surface area is 106 Å². The molecule has 0 aliphatic rings. The van der Waals surface area contributed by atoms with E-state index in [2.05, 4.69) is 53.1 Å². The molecule has 2 heteroatoms. The zero-order valence-electron chi connectivity index (χ0n) is 12.5. The number of aromatic nitrogens is 2. The molecule has 0 radical (unpaired) electrons. The minimum atomic E-state index is 0.509. The van der Waals surface area contributed by atoms with Crippen LogP contribution in [0.25, 0.3) is 0 Å². The molecular formula is C15H28N2. The van der Waals surface area contributed by atoms with E-state index in [0.29, 0.717) is 12.0 Å². The third kappa shape index (κ3) is 3.58. The molecule has 1 atom stereocenters. The highest BCUT2D eigenvalue weighted by molar-refractivity contribution is 5.25. The Balaban J connectivity index is 2.95. The summed E-state index contributed by atoms with van der Waals surface area (Å²) in [4.78, 5) is 0. The van der Waals surface area contributed by atoms with Gasteiger partial charge in [0.25, 0.3) is 0 Å². The smallest absolute Gasteiger partial charge is 0.0628 e. The fourth-order valence-corrected chi connectivity index (χ4v) is 2.61. The van der Waals surface area contributed by atoms with Crippen LogP contribution >= 0.6 is 0 Å². The molecule has 98 valence electrons. The van der Waals surface area contributed by atoms with Crippen molar-refractivity contribution < 1.29 is 0 Å². The normalized spacial score (nSPS) is 13.7. The standard InChI is InChI=1S/C15H28N2/c1-10(2)8-12(5)17-14(7)15(9-11(3)4)13(6)16-17/h10-12H,8-9H2,1-7H3. The summed E-state index contributed by atoms with van der Waals surface area (Å²) in [6, 6.07) is 0.509. The molecule has 0 bridgehead atoms. The summed E-state index contributed by atoms with van der Waals surface area (Å²) >= 11 is 0. The van der Waals surface area contributed by atoms with E-state index in [4.69, 9.17) is 5.10 Å². The summed E-state index contributed by atoms with van der Waals surface area (Å²) in [5.74, 6) is 1.42. The van der Waals surface area contributed by atoms with Crippen molar-refractivity contribution in [3.63, 3.8) is 0 Å². The molecule has 0 saturated heterocycles. The van der Waals surface area contributed by atoms with Gasteiger partial charge < -0.3 is 0 Å². The lowest BCUT2D eigenvalue weighted by molar-refractivity contribution is 0.390. The topological polar surface area (TPSA) is 17.8 Å². The first-order valence-electron chi connectivity index (χ1n) is 6.87. The summed E-state index contributed by atoms with van der Waals surface area (Å²) in [7, 11) is 0. The second kappa shape index (κ2) is 5.70. The van der Waals surface area contributed by atoms with Gasteiger partial charge in [0.05, 0.1) is 5.69 Å². The van der Waals surface area contributed by atoms with Crippen LogP contribution in [0.4, 0.5) is 0 Å². The van der Waals surface area contributed by atoms with Crippen molar-refractivity contribution in [2.24, 2.45) is 11.8 Å². The van der Waals surface area contributed by atoms with Gasteiger partial charge in [0.2, 0.25) is 0 Å². The van der Waals surface area contributed by atoms with Gasteiger partial charge in [0.15, 0.2) is 0 Å². The SMILES string of the molecule is Cc1nn(C(C)CC(C)C)c(C)c1CC(C)C. The van der Waals surface area contributed by atoms with Gasteiger partial charge in [-0.2, -0.15) is 5.10 Å². The number of hydrogen-bond donors (Lipinski definition) is 0. The second-order valence-electron chi connectivity index (χ2n) is 6.17. The van der Waals surface area contributed by atoms with Gasteiger partial charge in [-0.15, -0.1) is 0 Å². The van der Waals surface area contributed by atoms with Crippen molar-refractivity contribution in [1.29, 1.82) is 0 Å². The van der Waals surface area contributed by atoms with Crippen LogP contribution in [0.2, 0.25) is 0 Å². The minimum absolute atomic E-state index is 0.509. The zero-order chi connectivity index (χ0) is 13.2. The summed E-state index contributed by atoms with van der Waals surface area (Å²) < 4.78 is 2.23. The first kappa shape index (κ1) is 14.3. The Morgan fingerprint density at radius 3 is 2.06 bits per heavy atom. The van der Waals surface area contributed by atoms with Crippen LogP contribution in [-0.4, -0.2) is 9.78 Å². The van der Waals surface area contributed by atoms with E-state index in [1.54, 1.807) is 0 Å². The highest BCUT2D eigenvalue weighted by Crippen LogP contribution is 2.23. The average Bonchev–Trinajstić information content (AvgIpc) is 2.44. The first-order valence-corrected chi connectivity index (χ1v) is 6.87. The monoisotopic (exact) mass is 236 g/mol. The largest absolute Gasteiger partial charge is 0.267 e. The van der Waals surface area contributed by atoms with E-state index >= 15 is 0 Å². The number of rotatable bonds is 5. The third-order valence-electron chi connectivity index (χ3n) is 3.32. The van der Waals surface area contributed by atoms with Crippen molar-refractivity contribution in [2.75, 3.05) is 0 Å². The van der Waals surface area contributed by atoms with Gasteiger partial charge in [-0.25, -0.2) is 0 Å². The molecule has 0 aromatic carbocycles. The minimum Gasteiger partial charge on any atom is -0.267 e. The van der Waals surface area contributed by atoms with E-state index in [9.17, 15) is 0 Å². The number of aryl methyl sites for hydroxylation is 1. The highest BCUT2D eigenvalue weighted by Gasteiger charge is 2.16. The molecule has 0 aliphatic carbocycles. The second-order valence-corrected chi connectivity index (χ2v) is 6.17. The molecule has 17 heavy (non-hydrogen) atoms. The predicted molar refractivity (Wildman–Crippen MR) is 74.4 cm³/mol. The number of hydrogen-bond acceptors (Lipinski definition) is 1. The highest BCUT2D eigenvalue weighted by atomic mass is 15.3. The van der Waals surface area contributed by atoms with Crippen LogP contribution < -0.4 is 0 Å². The Morgan fingerprint density at radius 1 is 1.00 bits per heavy atom. The van der Waals surface area contributed by atoms with Gasteiger partial charge in [0.1, 0.15) is 0 Å². The van der Waals surface area contributed by atoms with Crippen molar-refractivity contribution in [3.05, 3.63) is 17.0 Å². The van der Waals surface area contributed by atoms with Gasteiger partial charge in [-0.05, 0) is 51.0 Å². The summed E-state index contributed by atoms with van der Waals surface area (Å²) in [5.41, 5.74) is 4.03. The molecule has 0 saturated carbocycles. The summed E-state index contributed by atoms with van der Waals surface area (Å²) in [6.45, 7) is 15.7. The van der Waals surface area contributed by atoms with Gasteiger partial charge in [0, 0.05) is 11.7 Å². The lowest BCUT2D eigenvalue weighted by Gasteiger charge is -2.17. The molecule has 0 N–H and O–H groups in total. The third-order valence-corrected chi connectivity index (χ3v) is 3.32. The molecule has 0 amide bonds. The van der Waals surface area contributed by atoms with E-state index in [1.807, 2.05) is 0 Å². The van der Waals surface area contributed by atoms with Gasteiger partial charge in [-0.1, -0.05) is 27.7 Å². The Kier molecular flexibility index (Phi) is 4.79. The molecule has 1 aromatic heterocycles. The van der Waals surface area contributed by atoms with E-state index in [1.165, 1.54) is 23.4 Å². The molecule has 2 nitrogen and oxygen atoms in total. The molecule has 1 rings (SSSR count). The molecule has 0 aliphatic heterocycles. The molecule has 0 spiro atoms. The Morgan fingerprint density at radius 2 is 1.59 bits per heavy atom. The van der Waals surface area contributed by atoms with Crippen molar-refractivity contribution >= 4 is 0 Å². The summed E-state index contributed by atoms with van der Waals surface area (Å²) in [5, 5.41) is 4.73. The quantitative estimate of drug-likeness (QED) is 0.745. The van der Waals surface area contributed by atoms with Crippen LogP contribution in [-0.2, 0) is 6.42 Å². The molecular weight excluding hydrogens is 208 g/mol. The first-order chi connectivity index (χ1) is 7.82. The lowest BCUT2D eigenvalue weighted by Crippen LogP contribution is -2.11. The van der Waals surface area contributed by atoms with Gasteiger partial charge >= 0.3 is 0 Å². The van der Waals surface area contributed by atoms with Crippen LogP contribution in [0.5, 0.6) is 0 Å². The van der Waals surface area contributed by atoms with Crippen molar-refractivity contribution in [1.82, 2.24) is 9.78 Å². The van der Waals surface area contributed by atoms with Crippen LogP contribution in [0.1, 0.15) is 64.0 Å². The van der Waals surface area contributed by atoms with Crippen molar-refractivity contribution in [3.8, 4) is 0 Å². The summed E-state index contributed by atoms with van der Waals surface area (Å²) in [6.07, 6.45) is 2.34. The maximum Gasteiger partial charge on any atom is 0.0628 e. The van der Waals surface area contributed by atoms with Crippen LogP contribution in [0.3, 0.4) is 0 Å².